The van der Waals surface area contributed by atoms with Crippen LogP contribution in [-0.4, -0.2) is 21.0 Å². The van der Waals surface area contributed by atoms with E-state index < -0.39 is 0 Å². The standard InChI is InChI=1S/C14H12N4O2S/c1-9(16-13(19)11-6-4-8-21-11)14-17-12(18-20-14)10-5-2-3-7-15-10/h2-9H,1H3,(H,16,19)/t9-/m1/s1. The van der Waals surface area contributed by atoms with Gasteiger partial charge in [-0.05, 0) is 30.5 Å². The average Bonchev–Trinajstić information content (AvgIpc) is 3.20. The van der Waals surface area contributed by atoms with E-state index >= 15 is 0 Å². The number of aromatic nitrogens is 3. The maximum absolute atomic E-state index is 12.0. The van der Waals surface area contributed by atoms with E-state index in [1.54, 1.807) is 25.3 Å². The highest BCUT2D eigenvalue weighted by Gasteiger charge is 2.18. The molecule has 7 heteroatoms. The van der Waals surface area contributed by atoms with Crippen LogP contribution >= 0.6 is 11.3 Å². The van der Waals surface area contributed by atoms with Crippen molar-refractivity contribution < 1.29 is 9.32 Å². The summed E-state index contributed by atoms with van der Waals surface area (Å²) < 4.78 is 5.19. The van der Waals surface area contributed by atoms with Crippen LogP contribution in [0.25, 0.3) is 11.5 Å². The highest BCUT2D eigenvalue weighted by molar-refractivity contribution is 7.12. The maximum atomic E-state index is 12.0. The smallest absolute Gasteiger partial charge is 0.261 e. The van der Waals surface area contributed by atoms with Crippen molar-refractivity contribution in [2.75, 3.05) is 0 Å². The molecular weight excluding hydrogens is 288 g/mol. The molecule has 0 saturated carbocycles. The van der Waals surface area contributed by atoms with Crippen molar-refractivity contribution >= 4 is 17.2 Å². The molecule has 106 valence electrons. The number of nitrogens with one attached hydrogen (secondary N) is 1. The molecule has 0 fully saturated rings. The number of thiophene rings is 1. The Balaban J connectivity index is 1.73. The molecule has 3 heterocycles. The molecule has 1 N–H and O–H groups in total. The van der Waals surface area contributed by atoms with Crippen molar-refractivity contribution in [2.45, 2.75) is 13.0 Å². The van der Waals surface area contributed by atoms with Gasteiger partial charge >= 0.3 is 0 Å². The van der Waals surface area contributed by atoms with Crippen LogP contribution in [0.2, 0.25) is 0 Å². The molecule has 0 aliphatic rings. The van der Waals surface area contributed by atoms with Crippen LogP contribution in [0.5, 0.6) is 0 Å². The first-order valence-corrected chi connectivity index (χ1v) is 7.21. The molecule has 21 heavy (non-hydrogen) atoms. The van der Waals surface area contributed by atoms with Gasteiger partial charge in [0.05, 0.1) is 4.88 Å². The molecule has 0 saturated heterocycles. The van der Waals surface area contributed by atoms with Gasteiger partial charge in [0.2, 0.25) is 11.7 Å². The number of hydrogen-bond acceptors (Lipinski definition) is 6. The van der Waals surface area contributed by atoms with Crippen molar-refractivity contribution in [3.63, 3.8) is 0 Å². The lowest BCUT2D eigenvalue weighted by molar-refractivity contribution is 0.0936. The van der Waals surface area contributed by atoms with E-state index in [0.717, 1.165) is 0 Å². The minimum Gasteiger partial charge on any atom is -0.340 e. The molecule has 3 aromatic rings. The Morgan fingerprint density at radius 1 is 1.33 bits per heavy atom. The van der Waals surface area contributed by atoms with E-state index in [0.29, 0.717) is 22.3 Å². The quantitative estimate of drug-likeness (QED) is 0.801. The molecule has 0 aromatic carbocycles. The Labute approximate surface area is 124 Å². The normalized spacial score (nSPS) is 12.0. The summed E-state index contributed by atoms with van der Waals surface area (Å²) in [5.41, 5.74) is 0.629. The largest absolute Gasteiger partial charge is 0.340 e. The van der Waals surface area contributed by atoms with Gasteiger partial charge in [0, 0.05) is 6.20 Å². The number of amides is 1. The van der Waals surface area contributed by atoms with Gasteiger partial charge < -0.3 is 9.84 Å². The minimum absolute atomic E-state index is 0.157. The van der Waals surface area contributed by atoms with Gasteiger partial charge in [0.1, 0.15) is 11.7 Å². The summed E-state index contributed by atoms with van der Waals surface area (Å²) in [7, 11) is 0. The van der Waals surface area contributed by atoms with Crippen LogP contribution < -0.4 is 5.32 Å². The molecular formula is C14H12N4O2S. The predicted molar refractivity (Wildman–Crippen MR) is 77.7 cm³/mol. The predicted octanol–water partition coefficient (Wildman–Crippen LogP) is 2.68. The van der Waals surface area contributed by atoms with E-state index in [9.17, 15) is 4.79 Å². The van der Waals surface area contributed by atoms with E-state index in [1.807, 2.05) is 23.6 Å². The molecule has 0 aliphatic heterocycles. The first-order chi connectivity index (χ1) is 10.2. The third-order valence-corrected chi connectivity index (χ3v) is 3.67. The summed E-state index contributed by atoms with van der Waals surface area (Å²) >= 11 is 1.38. The van der Waals surface area contributed by atoms with Gasteiger partial charge in [-0.2, -0.15) is 4.98 Å². The summed E-state index contributed by atoms with van der Waals surface area (Å²) in [5, 5.41) is 8.55. The topological polar surface area (TPSA) is 80.9 Å². The monoisotopic (exact) mass is 300 g/mol. The highest BCUT2D eigenvalue weighted by Crippen LogP contribution is 2.17. The van der Waals surface area contributed by atoms with Gasteiger partial charge in [-0.1, -0.05) is 17.3 Å². The van der Waals surface area contributed by atoms with Crippen LogP contribution in [0, 0.1) is 0 Å². The minimum atomic E-state index is -0.371. The van der Waals surface area contributed by atoms with Gasteiger partial charge in [-0.3, -0.25) is 9.78 Å². The second-order valence-electron chi connectivity index (χ2n) is 4.34. The summed E-state index contributed by atoms with van der Waals surface area (Å²) in [5.74, 6) is 0.596. The number of carbonyl (C=O) groups is 1. The first-order valence-electron chi connectivity index (χ1n) is 6.33. The van der Waals surface area contributed by atoms with Gasteiger partial charge in [-0.15, -0.1) is 11.3 Å². The average molecular weight is 300 g/mol. The zero-order valence-electron chi connectivity index (χ0n) is 11.2. The van der Waals surface area contributed by atoms with Crippen LogP contribution in [0.3, 0.4) is 0 Å². The van der Waals surface area contributed by atoms with Crippen molar-refractivity contribution in [3.05, 3.63) is 52.7 Å². The Kier molecular flexibility index (Phi) is 3.74. The van der Waals surface area contributed by atoms with E-state index in [-0.39, 0.29) is 11.9 Å². The Bertz CT molecular complexity index is 725. The lowest BCUT2D eigenvalue weighted by atomic mass is 10.3. The highest BCUT2D eigenvalue weighted by atomic mass is 32.1. The summed E-state index contributed by atoms with van der Waals surface area (Å²) in [4.78, 5) is 21.0. The Morgan fingerprint density at radius 2 is 2.24 bits per heavy atom. The lowest BCUT2D eigenvalue weighted by Crippen LogP contribution is -2.26. The fourth-order valence-electron chi connectivity index (χ4n) is 1.75. The molecule has 0 bridgehead atoms. The first kappa shape index (κ1) is 13.4. The van der Waals surface area contributed by atoms with E-state index in [1.165, 1.54) is 11.3 Å². The second kappa shape index (κ2) is 5.84. The molecule has 6 nitrogen and oxygen atoms in total. The van der Waals surface area contributed by atoms with E-state index in [2.05, 4.69) is 20.4 Å². The van der Waals surface area contributed by atoms with Crippen LogP contribution in [0.15, 0.2) is 46.4 Å². The molecule has 3 rings (SSSR count). The number of pyridine rings is 1. The molecule has 3 aromatic heterocycles. The van der Waals surface area contributed by atoms with Crippen molar-refractivity contribution in [1.29, 1.82) is 0 Å². The Morgan fingerprint density at radius 3 is 2.95 bits per heavy atom. The molecule has 1 atom stereocenters. The molecule has 0 radical (unpaired) electrons. The second-order valence-corrected chi connectivity index (χ2v) is 5.29. The van der Waals surface area contributed by atoms with Crippen LogP contribution in [-0.2, 0) is 0 Å². The molecule has 0 unspecified atom stereocenters. The molecule has 1 amide bonds. The third-order valence-electron chi connectivity index (χ3n) is 2.80. The van der Waals surface area contributed by atoms with E-state index in [4.69, 9.17) is 4.52 Å². The zero-order valence-corrected chi connectivity index (χ0v) is 12.0. The van der Waals surface area contributed by atoms with Crippen molar-refractivity contribution in [3.8, 4) is 11.5 Å². The van der Waals surface area contributed by atoms with Gasteiger partial charge in [-0.25, -0.2) is 0 Å². The zero-order chi connectivity index (χ0) is 14.7. The SMILES string of the molecule is C[C@@H](NC(=O)c1cccs1)c1nc(-c2ccccn2)no1. The van der Waals surface area contributed by atoms with Crippen LogP contribution in [0.1, 0.15) is 28.5 Å². The number of carbonyl (C=O) groups excluding carboxylic acids is 1. The maximum Gasteiger partial charge on any atom is 0.261 e. The Hall–Kier alpha value is -2.54. The van der Waals surface area contributed by atoms with Crippen LogP contribution in [0.4, 0.5) is 0 Å². The van der Waals surface area contributed by atoms with Crippen molar-refractivity contribution in [2.24, 2.45) is 0 Å². The summed E-state index contributed by atoms with van der Waals surface area (Å²) in [6.45, 7) is 1.79. The lowest BCUT2D eigenvalue weighted by Gasteiger charge is -2.07. The van der Waals surface area contributed by atoms with Gasteiger partial charge in [0.25, 0.3) is 5.91 Å². The van der Waals surface area contributed by atoms with Gasteiger partial charge in [0.15, 0.2) is 0 Å². The third kappa shape index (κ3) is 2.97. The molecule has 0 spiro atoms. The number of hydrogen-bond donors (Lipinski definition) is 1. The summed E-state index contributed by atoms with van der Waals surface area (Å²) in [6, 6.07) is 8.68. The molecule has 0 aliphatic carbocycles. The fraction of sp³-hybridized carbons (Fsp3) is 0.143. The number of rotatable bonds is 4. The summed E-state index contributed by atoms with van der Waals surface area (Å²) in [6.07, 6.45) is 1.66. The van der Waals surface area contributed by atoms with Crippen molar-refractivity contribution in [1.82, 2.24) is 20.4 Å². The number of nitrogens with zero attached hydrogens (tertiary/aromatic N) is 3. The fourth-order valence-corrected chi connectivity index (χ4v) is 2.37.